The second-order valence-corrected chi connectivity index (χ2v) is 16.5. The van der Waals surface area contributed by atoms with Crippen molar-refractivity contribution in [2.24, 2.45) is 13.0 Å². The van der Waals surface area contributed by atoms with Crippen LogP contribution in [0.4, 0.5) is 11.4 Å². The van der Waals surface area contributed by atoms with Crippen LogP contribution in [-0.2, 0) is 22.2 Å². The second kappa shape index (κ2) is 14.7. The molecule has 15 nitrogen and oxygen atoms in total. The normalized spacial score (nSPS) is 21.3. The molecule has 5 heterocycles. The van der Waals surface area contributed by atoms with Crippen molar-refractivity contribution in [1.82, 2.24) is 34.1 Å². The summed E-state index contributed by atoms with van der Waals surface area (Å²) in [7, 11) is 4.01. The molecule has 0 radical (unpaired) electrons. The molecule has 3 aliphatic rings. The molecule has 56 heavy (non-hydrogen) atoms. The number of aryl methyl sites for hydroxylation is 2. The fraction of sp³-hybridized carbons (Fsp3) is 0.512. The molecule has 3 fully saturated rings. The number of imide groups is 1. The minimum absolute atomic E-state index is 0.177. The van der Waals surface area contributed by atoms with Gasteiger partial charge in [-0.2, -0.15) is 5.10 Å². The molecule has 15 heteroatoms. The summed E-state index contributed by atoms with van der Waals surface area (Å²) in [6.07, 6.45) is 10.2. The molecule has 3 aromatic heterocycles. The predicted octanol–water partition coefficient (Wildman–Crippen LogP) is 4.78. The van der Waals surface area contributed by atoms with Gasteiger partial charge in [0.25, 0.3) is 5.91 Å². The maximum absolute atomic E-state index is 13.5. The smallest absolute Gasteiger partial charge is 0.329 e. The number of fused-ring (bicyclic) bond motifs is 2. The van der Waals surface area contributed by atoms with Gasteiger partial charge >= 0.3 is 5.69 Å². The molecule has 3 amide bonds. The molecule has 0 bridgehead atoms. The summed E-state index contributed by atoms with van der Waals surface area (Å²) in [6, 6.07) is 9.68. The Bertz CT molecular complexity index is 2370. The quantitative estimate of drug-likeness (QED) is 0.178. The van der Waals surface area contributed by atoms with E-state index in [1.54, 1.807) is 37.0 Å². The number of hydrogen-bond donors (Lipinski definition) is 3. The molecular weight excluding hydrogens is 715 g/mol. The number of nitrogens with one attached hydrogen (secondary N) is 2. The number of amides is 3. The van der Waals surface area contributed by atoms with Crippen LogP contribution in [0.1, 0.15) is 99.2 Å². The first kappa shape index (κ1) is 37.6. The number of nitrogens with zero attached hydrogens (tertiary/aromatic N) is 7. The van der Waals surface area contributed by atoms with Crippen LogP contribution in [0.3, 0.4) is 0 Å². The molecule has 8 rings (SSSR count). The number of carbonyl (C=O) groups excluding carboxylic acids is 3. The zero-order valence-electron chi connectivity index (χ0n) is 32.7. The fourth-order valence-electron chi connectivity index (χ4n) is 9.14. The van der Waals surface area contributed by atoms with Crippen molar-refractivity contribution in [3.8, 4) is 0 Å². The van der Waals surface area contributed by atoms with Crippen molar-refractivity contribution >= 4 is 51.0 Å². The predicted molar refractivity (Wildman–Crippen MR) is 212 cm³/mol. The Morgan fingerprint density at radius 3 is 2.50 bits per heavy atom. The van der Waals surface area contributed by atoms with Crippen LogP contribution in [0.15, 0.2) is 52.0 Å². The third-order valence-corrected chi connectivity index (χ3v) is 12.2. The highest BCUT2D eigenvalue weighted by atomic mass is 16.3. The van der Waals surface area contributed by atoms with Crippen molar-refractivity contribution in [3.63, 3.8) is 0 Å². The van der Waals surface area contributed by atoms with E-state index >= 15 is 0 Å². The van der Waals surface area contributed by atoms with Crippen LogP contribution < -0.4 is 21.2 Å². The number of anilines is 2. The Balaban J connectivity index is 0.882. The maximum Gasteiger partial charge on any atom is 0.329 e. The Morgan fingerprint density at radius 1 is 1.07 bits per heavy atom. The van der Waals surface area contributed by atoms with E-state index in [9.17, 15) is 24.3 Å². The monoisotopic (exact) mass is 765 g/mol. The van der Waals surface area contributed by atoms with E-state index < -0.39 is 23.5 Å². The minimum Gasteiger partial charge on any atom is -0.448 e. The summed E-state index contributed by atoms with van der Waals surface area (Å²) >= 11 is 0. The highest BCUT2D eigenvalue weighted by Gasteiger charge is 2.33. The minimum atomic E-state index is -1.21. The van der Waals surface area contributed by atoms with Crippen LogP contribution in [0.25, 0.3) is 21.9 Å². The number of benzene rings is 2. The average molecular weight is 766 g/mol. The molecule has 3 N–H and O–H groups in total. The first-order chi connectivity index (χ1) is 26.7. The summed E-state index contributed by atoms with van der Waals surface area (Å²) in [6.45, 7) is 7.84. The van der Waals surface area contributed by atoms with Gasteiger partial charge in [-0.15, -0.1) is 0 Å². The average Bonchev–Trinajstić information content (AvgIpc) is 3.87. The number of hydrogen-bond acceptors (Lipinski definition) is 10. The lowest BCUT2D eigenvalue weighted by Gasteiger charge is -2.40. The Kier molecular flexibility index (Phi) is 9.85. The largest absolute Gasteiger partial charge is 0.448 e. The molecular formula is C41H51N9O6. The molecule has 1 unspecified atom stereocenters. The van der Waals surface area contributed by atoms with Crippen LogP contribution in [0, 0.1) is 12.8 Å². The number of oxazole rings is 1. The second-order valence-electron chi connectivity index (χ2n) is 16.5. The summed E-state index contributed by atoms with van der Waals surface area (Å²) in [5.41, 5.74) is 3.12. The van der Waals surface area contributed by atoms with E-state index in [0.29, 0.717) is 41.0 Å². The number of carbonyl (C=O) groups is 3. The molecule has 5 aromatic rings. The molecule has 1 atom stereocenters. The van der Waals surface area contributed by atoms with Gasteiger partial charge in [0, 0.05) is 68.9 Å². The van der Waals surface area contributed by atoms with Crippen molar-refractivity contribution in [2.45, 2.75) is 95.9 Å². The number of imidazole rings is 1. The Morgan fingerprint density at radius 2 is 1.82 bits per heavy atom. The fourth-order valence-corrected chi connectivity index (χ4v) is 9.14. The van der Waals surface area contributed by atoms with Crippen molar-refractivity contribution in [2.75, 3.05) is 36.9 Å². The van der Waals surface area contributed by atoms with Gasteiger partial charge in [-0.1, -0.05) is 6.07 Å². The molecule has 2 aliphatic heterocycles. The number of rotatable bonds is 9. The van der Waals surface area contributed by atoms with Gasteiger partial charge in [-0.05, 0) is 96.0 Å². The van der Waals surface area contributed by atoms with Crippen LogP contribution in [0.2, 0.25) is 0 Å². The Hall–Kier alpha value is -5.28. The topological polar surface area (TPSA) is 173 Å². The molecule has 296 valence electrons. The van der Waals surface area contributed by atoms with Gasteiger partial charge in [0.15, 0.2) is 11.6 Å². The summed E-state index contributed by atoms with van der Waals surface area (Å²) in [4.78, 5) is 59.9. The third-order valence-electron chi connectivity index (χ3n) is 12.2. The zero-order chi connectivity index (χ0) is 39.5. The van der Waals surface area contributed by atoms with Crippen molar-refractivity contribution < 1.29 is 23.9 Å². The van der Waals surface area contributed by atoms with Gasteiger partial charge < -0.3 is 24.6 Å². The summed E-state index contributed by atoms with van der Waals surface area (Å²) in [5, 5.41) is 22.1. The lowest BCUT2D eigenvalue weighted by molar-refractivity contribution is -0.135. The van der Waals surface area contributed by atoms with Crippen LogP contribution in [-0.4, -0.2) is 84.4 Å². The van der Waals surface area contributed by atoms with E-state index in [0.717, 1.165) is 80.3 Å². The summed E-state index contributed by atoms with van der Waals surface area (Å²) < 4.78 is 10.5. The van der Waals surface area contributed by atoms with Crippen LogP contribution in [0.5, 0.6) is 0 Å². The number of para-hydroxylation sites is 1. The van der Waals surface area contributed by atoms with Gasteiger partial charge in [0.1, 0.15) is 12.3 Å². The lowest BCUT2D eigenvalue weighted by Crippen LogP contribution is -2.45. The van der Waals surface area contributed by atoms with E-state index in [1.807, 2.05) is 30.5 Å². The molecule has 1 saturated carbocycles. The molecule has 2 aromatic carbocycles. The van der Waals surface area contributed by atoms with Gasteiger partial charge in [-0.25, -0.2) is 9.78 Å². The number of aliphatic hydroxyl groups is 1. The first-order valence-corrected chi connectivity index (χ1v) is 19.7. The maximum atomic E-state index is 13.5. The molecule has 2 saturated heterocycles. The summed E-state index contributed by atoms with van der Waals surface area (Å²) in [5.74, 6) is -0.128. The van der Waals surface area contributed by atoms with E-state index in [4.69, 9.17) is 9.52 Å². The lowest BCUT2D eigenvalue weighted by atomic mass is 9.85. The standard InChI is InChI=1S/C41H51N9O6/c1-24-42-32(23-56-24)38(52)43-31-19-26-22-49(45-30(26)20-29(31)41(2,3)55)28-11-9-25(10-12-28)21-46(4)27-15-17-48(18-16-27)33-7-6-8-34-37(33)47(5)40(54)50(34)35-13-14-36(51)44-39(35)53/h6-8,19-20,22-23,25,27-28,35,55H,9-18,21H2,1-5H3,(H,43,52)(H,44,51,53). The van der Waals surface area contributed by atoms with Crippen molar-refractivity contribution in [1.29, 1.82) is 0 Å². The zero-order valence-corrected chi connectivity index (χ0v) is 32.7. The highest BCUT2D eigenvalue weighted by molar-refractivity contribution is 6.04. The van der Waals surface area contributed by atoms with Gasteiger partial charge in [-0.3, -0.25) is 33.5 Å². The first-order valence-electron chi connectivity index (χ1n) is 19.7. The number of aromatic nitrogens is 5. The SMILES string of the molecule is Cc1nc(C(=O)Nc2cc3cn(C4CCC(CN(C)C5CCN(c6cccc7c6n(C)c(=O)n7C6CCC(=O)NC6=O)CC5)CC4)nc3cc2C(C)(C)O)co1. The van der Waals surface area contributed by atoms with Crippen molar-refractivity contribution in [3.05, 3.63) is 70.4 Å². The molecule has 1 aliphatic carbocycles. The van der Waals surface area contributed by atoms with Gasteiger partial charge in [0.2, 0.25) is 11.8 Å². The van der Waals surface area contributed by atoms with E-state index in [1.165, 1.54) is 6.26 Å². The van der Waals surface area contributed by atoms with Gasteiger partial charge in [0.05, 0.1) is 33.9 Å². The highest BCUT2D eigenvalue weighted by Crippen LogP contribution is 2.37. The van der Waals surface area contributed by atoms with E-state index in [-0.39, 0.29) is 29.8 Å². The van der Waals surface area contributed by atoms with Crippen LogP contribution >= 0.6 is 0 Å². The molecule has 0 spiro atoms. The van der Waals surface area contributed by atoms with E-state index in [2.05, 4.69) is 43.2 Å². The number of piperidine rings is 2. The third kappa shape index (κ3) is 7.13. The Labute approximate surface area is 324 Å².